The number of carbonyl (C=O) groups excluding carboxylic acids is 10. The number of β-amino-alcohol motifs (C(OH)–C–C–N with tert-alkyl or cyclic N) is 1. The Morgan fingerprint density at radius 1 is 0.726 bits per heavy atom. The van der Waals surface area contributed by atoms with Crippen LogP contribution in [-0.2, 0) is 62.4 Å². The number of nitrogens with zero attached hydrogens (tertiary/aromatic N) is 2. The zero-order valence-corrected chi connectivity index (χ0v) is 48.0. The molecular weight excluding hydrogens is 1080 g/mol. The van der Waals surface area contributed by atoms with Gasteiger partial charge >= 0.3 is 6.03 Å². The maximum Gasteiger partial charge on any atom is 0.315 e. The Bertz CT molecular complexity index is 2970. The van der Waals surface area contributed by atoms with Crippen molar-refractivity contribution in [3.8, 4) is 5.75 Å². The average molecular weight is 1170 g/mol. The number of carbonyl (C=O) groups is 10. The van der Waals surface area contributed by atoms with Gasteiger partial charge in [-0.1, -0.05) is 74.5 Å². The maximum atomic E-state index is 14.2. The number of rotatable bonds is 32. The van der Waals surface area contributed by atoms with Gasteiger partial charge in [-0.05, 0) is 73.4 Å². The van der Waals surface area contributed by atoms with E-state index in [4.69, 9.17) is 11.5 Å². The fourth-order valence-electron chi connectivity index (χ4n) is 9.93. The molecule has 84 heavy (non-hydrogen) atoms. The molecule has 1 aromatic heterocycles. The highest BCUT2D eigenvalue weighted by molar-refractivity contribution is 5.98. The van der Waals surface area contributed by atoms with Crippen molar-refractivity contribution in [2.45, 2.75) is 128 Å². The molecule has 454 valence electrons. The maximum absolute atomic E-state index is 14.2. The van der Waals surface area contributed by atoms with Gasteiger partial charge in [0.15, 0.2) is 23.3 Å². The van der Waals surface area contributed by atoms with Gasteiger partial charge in [0.2, 0.25) is 35.4 Å². The molecule has 1 aliphatic rings. The van der Waals surface area contributed by atoms with Crippen molar-refractivity contribution in [3.63, 3.8) is 0 Å². The zero-order valence-electron chi connectivity index (χ0n) is 48.0. The van der Waals surface area contributed by atoms with E-state index in [2.05, 4.69) is 47.2 Å². The summed E-state index contributed by atoms with van der Waals surface area (Å²) in [5.74, 6) is -8.56. The van der Waals surface area contributed by atoms with E-state index in [1.54, 1.807) is 48.7 Å². The second-order valence-electron chi connectivity index (χ2n) is 21.6. The predicted molar refractivity (Wildman–Crippen MR) is 311 cm³/mol. The summed E-state index contributed by atoms with van der Waals surface area (Å²) < 4.78 is 0. The molecule has 0 radical (unpaired) electrons. The van der Waals surface area contributed by atoms with E-state index in [1.807, 2.05) is 38.1 Å². The summed E-state index contributed by atoms with van der Waals surface area (Å²) in [6.07, 6.45) is -1.29. The summed E-state index contributed by atoms with van der Waals surface area (Å²) in [5.41, 5.74) is 14.4. The molecule has 1 aliphatic heterocycles. The number of aromatic nitrogens is 1. The first-order valence-electron chi connectivity index (χ1n) is 28.0. The van der Waals surface area contributed by atoms with E-state index < -0.39 is 133 Å². The molecule has 4 aromatic rings. The number of likely N-dealkylation sites (tertiary alicyclic amines) is 1. The first-order valence-corrected chi connectivity index (χ1v) is 28.0. The molecule has 0 spiro atoms. The number of benzene rings is 3. The number of primary amides is 1. The molecule has 0 unspecified atom stereocenters. The number of ketones is 3. The van der Waals surface area contributed by atoms with E-state index in [0.717, 1.165) is 21.4 Å². The van der Waals surface area contributed by atoms with E-state index in [0.29, 0.717) is 24.1 Å². The number of aromatic hydroxyl groups is 1. The molecule has 3 aromatic carbocycles. The number of aliphatic imine (C=N–C) groups is 1. The summed E-state index contributed by atoms with van der Waals surface area (Å²) in [6, 6.07) is 15.1. The van der Waals surface area contributed by atoms with Gasteiger partial charge in [-0.25, -0.2) is 4.79 Å². The zero-order chi connectivity index (χ0) is 61.6. The van der Waals surface area contributed by atoms with E-state index in [9.17, 15) is 63.3 Å². The Kier molecular flexibility index (Phi) is 25.4. The number of hydrogen-bond donors (Lipinski definition) is 13. The van der Waals surface area contributed by atoms with Crippen LogP contribution in [0.2, 0.25) is 0 Å². The van der Waals surface area contributed by atoms with Crippen molar-refractivity contribution < 1.29 is 63.3 Å². The molecular formula is C59H80N12O13. The van der Waals surface area contributed by atoms with Crippen LogP contribution in [0.4, 0.5) is 4.79 Å². The van der Waals surface area contributed by atoms with Crippen molar-refractivity contribution in [2.24, 2.45) is 34.2 Å². The smallest absolute Gasteiger partial charge is 0.315 e. The molecule has 1 saturated heterocycles. The Morgan fingerprint density at radius 2 is 1.38 bits per heavy atom. The number of aliphatic hydroxyl groups excluding tert-OH is 2. The van der Waals surface area contributed by atoms with Gasteiger partial charge in [-0.15, -0.1) is 0 Å². The summed E-state index contributed by atoms with van der Waals surface area (Å²) in [5, 5.41) is 50.4. The van der Waals surface area contributed by atoms with Gasteiger partial charge in [-0.3, -0.25) is 48.1 Å². The van der Waals surface area contributed by atoms with Crippen molar-refractivity contribution >= 4 is 75.7 Å². The number of phenolic OH excluding ortho intramolecular Hbond substituents is 1. The number of urea groups is 1. The summed E-state index contributed by atoms with van der Waals surface area (Å²) in [7, 11) is 1.50. The molecule has 15 N–H and O–H groups in total. The first kappa shape index (κ1) is 66.1. The number of aliphatic hydroxyl groups is 2. The molecule has 25 nitrogen and oxygen atoms in total. The minimum absolute atomic E-state index is 0.00147. The van der Waals surface area contributed by atoms with Crippen molar-refractivity contribution in [3.05, 3.63) is 102 Å². The van der Waals surface area contributed by atoms with Crippen LogP contribution in [0.1, 0.15) is 82.9 Å². The van der Waals surface area contributed by atoms with Gasteiger partial charge in [0.25, 0.3) is 0 Å². The largest absolute Gasteiger partial charge is 0.508 e. The second-order valence-corrected chi connectivity index (χ2v) is 21.6. The third kappa shape index (κ3) is 20.6. The summed E-state index contributed by atoms with van der Waals surface area (Å²) in [4.78, 5) is 144. The molecule has 9 atom stereocenters. The number of nitrogens with one attached hydrogen (secondary N) is 8. The number of para-hydroxylation sites is 1. The van der Waals surface area contributed by atoms with Crippen LogP contribution in [0.3, 0.4) is 0 Å². The van der Waals surface area contributed by atoms with Crippen LogP contribution in [-0.4, -0.2) is 166 Å². The minimum atomic E-state index is -1.44. The number of amides is 8. The lowest BCUT2D eigenvalue weighted by atomic mass is 9.90. The van der Waals surface area contributed by atoms with Crippen LogP contribution < -0.4 is 48.7 Å². The van der Waals surface area contributed by atoms with Gasteiger partial charge in [0.1, 0.15) is 23.9 Å². The molecule has 2 heterocycles. The highest BCUT2D eigenvalue weighted by Crippen LogP contribution is 2.24. The lowest BCUT2D eigenvalue weighted by Crippen LogP contribution is -2.54. The van der Waals surface area contributed by atoms with Crippen molar-refractivity contribution in [1.29, 1.82) is 0 Å². The summed E-state index contributed by atoms with van der Waals surface area (Å²) >= 11 is 0. The third-order valence-electron chi connectivity index (χ3n) is 14.4. The van der Waals surface area contributed by atoms with Crippen LogP contribution in [0.15, 0.2) is 90.1 Å². The lowest BCUT2D eigenvalue weighted by Gasteiger charge is -2.28. The Morgan fingerprint density at radius 3 is 2.04 bits per heavy atom. The van der Waals surface area contributed by atoms with E-state index in [1.165, 1.54) is 33.0 Å². The Labute approximate surface area is 487 Å². The number of Topliss-reactive ketones (excluding diaryl/α,β-unsaturated/α-hetero) is 3. The quantitative estimate of drug-likeness (QED) is 0.0175. The highest BCUT2D eigenvalue weighted by atomic mass is 16.3. The Balaban J connectivity index is 1.22. The predicted octanol–water partition coefficient (Wildman–Crippen LogP) is 0.0679. The SMILES string of the molecule is CN=C(N)NCCC[C@H](CC(=O)[C@H](CC(C)C)NC(=O)NCC(=O)[C@H](Cc1ccccc1)NC(=O)[C@@H](CC(=O)CNC(=O)[C@@H]1C[C@@H](O)CN1C(=O)[C@@H](Cc1ccc(O)cc1)NC(C)=O)[C@@H](C)O)C(=O)N[C@@H](Cc1c[nH]c2ccccc12)C(N)=O. The fourth-order valence-corrected chi connectivity index (χ4v) is 9.93. The monoisotopic (exact) mass is 1160 g/mol. The van der Waals surface area contributed by atoms with Gasteiger partial charge in [0.05, 0.1) is 43.3 Å². The third-order valence-corrected chi connectivity index (χ3v) is 14.4. The number of H-pyrrole nitrogens is 1. The fraction of sp³-hybridized carbons (Fsp3) is 0.475. The van der Waals surface area contributed by atoms with E-state index in [-0.39, 0.29) is 69.1 Å². The number of guanidine groups is 1. The first-order chi connectivity index (χ1) is 39.9. The van der Waals surface area contributed by atoms with Crippen LogP contribution in [0.25, 0.3) is 10.9 Å². The minimum Gasteiger partial charge on any atom is -0.508 e. The number of fused-ring (bicyclic) bond motifs is 1. The van der Waals surface area contributed by atoms with Crippen molar-refractivity contribution in [2.75, 3.05) is 33.2 Å². The second kappa shape index (κ2) is 32.2. The molecule has 1 fully saturated rings. The molecule has 25 heteroatoms. The molecule has 0 saturated carbocycles. The summed E-state index contributed by atoms with van der Waals surface area (Å²) in [6.45, 7) is 4.92. The van der Waals surface area contributed by atoms with Gasteiger partial charge < -0.3 is 73.9 Å². The standard InChI is InChI=1S/C59H80N12O13/c1-33(2)22-46(51(77)26-38(14-11-21-63-58(61)62-5)54(80)69-48(53(60)79)25-39-29-64-45-16-10-9-15-43(39)45)70-59(84)66-31-52(78)47(23-36-12-7-6-8-13-36)68-55(81)44(34(3)72)27-41(75)30-65-56(82)50-28-42(76)32-71(50)57(83)49(67-35(4)73)24-37-17-19-40(74)20-18-37/h6-10,12-13,15-20,29,33-34,38,42,44,46-50,64,72,74,76H,11,14,21-28,30-32H2,1-5H3,(H2,60,79)(H,65,82)(H,67,73)(H,68,81)(H,69,80)(H3,61,62,63)(H2,66,70,84)/t34-,38-,42-,44+,46+,47+,48+,49-,50+/m1/s1. The average Bonchev–Trinajstić information content (AvgIpc) is 4.30. The normalized spacial score (nSPS) is 16.7. The number of phenols is 1. The van der Waals surface area contributed by atoms with Crippen LogP contribution >= 0.6 is 0 Å². The molecule has 5 rings (SSSR count). The number of aromatic amines is 1. The van der Waals surface area contributed by atoms with Crippen molar-refractivity contribution in [1.82, 2.24) is 47.1 Å². The van der Waals surface area contributed by atoms with Crippen LogP contribution in [0, 0.1) is 17.8 Å². The lowest BCUT2D eigenvalue weighted by molar-refractivity contribution is -0.141. The topological polar surface area (TPSA) is 399 Å². The van der Waals surface area contributed by atoms with Gasteiger partial charge in [-0.2, -0.15) is 0 Å². The number of hydrogen-bond acceptors (Lipinski definition) is 14. The number of nitrogens with two attached hydrogens (primary N) is 2. The molecule has 0 aliphatic carbocycles. The van der Waals surface area contributed by atoms with Gasteiger partial charge in [0, 0.05) is 82.2 Å². The van der Waals surface area contributed by atoms with E-state index >= 15 is 0 Å². The molecule has 0 bridgehead atoms. The molecule has 8 amide bonds. The van der Waals surface area contributed by atoms with Crippen LogP contribution in [0.5, 0.6) is 5.75 Å². The highest BCUT2D eigenvalue weighted by Gasteiger charge is 2.42. The Hall–Kier alpha value is -8.71.